The third kappa shape index (κ3) is 3.42. The molecule has 0 saturated heterocycles. The topological polar surface area (TPSA) is 42.9 Å². The van der Waals surface area contributed by atoms with Crippen molar-refractivity contribution in [2.24, 2.45) is 0 Å². The van der Waals surface area contributed by atoms with Crippen molar-refractivity contribution < 1.29 is 4.79 Å². The van der Waals surface area contributed by atoms with Crippen molar-refractivity contribution >= 4 is 52.1 Å². The number of benzene rings is 1. The van der Waals surface area contributed by atoms with E-state index in [0.717, 1.165) is 4.34 Å². The predicted octanol–water partition coefficient (Wildman–Crippen LogP) is 3.82. The smallest absolute Gasteiger partial charge is 0.174 e. The highest BCUT2D eigenvalue weighted by Crippen LogP contribution is 2.25. The Morgan fingerprint density at radius 2 is 2.24 bits per heavy atom. The van der Waals surface area contributed by atoms with Gasteiger partial charge < -0.3 is 0 Å². The fraction of sp³-hybridized carbons (Fsp3) is 0.100. The van der Waals surface area contributed by atoms with Gasteiger partial charge in [-0.3, -0.25) is 4.79 Å². The van der Waals surface area contributed by atoms with Gasteiger partial charge >= 0.3 is 0 Å². The minimum atomic E-state index is -0.0492. The zero-order chi connectivity index (χ0) is 12.3. The van der Waals surface area contributed by atoms with E-state index in [1.165, 1.54) is 23.1 Å². The second-order valence-corrected chi connectivity index (χ2v) is 5.94. The van der Waals surface area contributed by atoms with E-state index < -0.39 is 0 Å². The molecule has 0 radical (unpaired) electrons. The molecule has 0 amide bonds. The monoisotopic (exact) mass is 304 g/mol. The lowest BCUT2D eigenvalue weighted by Gasteiger charge is -2.02. The third-order valence-corrected chi connectivity index (χ3v) is 4.31. The van der Waals surface area contributed by atoms with Gasteiger partial charge in [-0.25, -0.2) is 0 Å². The maximum absolute atomic E-state index is 11.9. The summed E-state index contributed by atoms with van der Waals surface area (Å²) in [4.78, 5) is 11.9. The first-order valence-electron chi connectivity index (χ1n) is 4.54. The highest BCUT2D eigenvalue weighted by Gasteiger charge is 2.12. The molecular formula is C10H6Cl2N2OS2. The molecule has 0 unspecified atom stereocenters. The summed E-state index contributed by atoms with van der Waals surface area (Å²) in [6.45, 7) is 0. The Morgan fingerprint density at radius 1 is 1.41 bits per heavy atom. The van der Waals surface area contributed by atoms with Crippen molar-refractivity contribution in [1.29, 1.82) is 0 Å². The summed E-state index contributed by atoms with van der Waals surface area (Å²) < 4.78 is 0.767. The highest BCUT2D eigenvalue weighted by molar-refractivity contribution is 8.01. The van der Waals surface area contributed by atoms with Crippen molar-refractivity contribution in [1.82, 2.24) is 10.2 Å². The second-order valence-electron chi connectivity index (χ2n) is 3.04. The van der Waals surface area contributed by atoms with Gasteiger partial charge in [-0.2, -0.15) is 0 Å². The van der Waals surface area contributed by atoms with Gasteiger partial charge in [0.05, 0.1) is 10.8 Å². The lowest BCUT2D eigenvalue weighted by molar-refractivity contribution is 0.102. The Bertz CT molecular complexity index is 531. The van der Waals surface area contributed by atoms with E-state index in [4.69, 9.17) is 23.2 Å². The Hall–Kier alpha value is -0.620. The number of rotatable bonds is 4. The Morgan fingerprint density at radius 3 is 2.88 bits per heavy atom. The molecule has 7 heteroatoms. The number of aromatic nitrogens is 2. The molecule has 2 rings (SSSR count). The largest absolute Gasteiger partial charge is 0.293 e. The predicted molar refractivity (Wildman–Crippen MR) is 71.4 cm³/mol. The van der Waals surface area contributed by atoms with Crippen LogP contribution in [0.15, 0.2) is 28.0 Å². The summed E-state index contributed by atoms with van der Waals surface area (Å²) in [6.07, 6.45) is 0. The summed E-state index contributed by atoms with van der Waals surface area (Å²) in [5, 5.41) is 8.43. The molecule has 0 atom stereocenters. The molecule has 0 aliphatic heterocycles. The molecule has 0 N–H and O–H groups in total. The number of carbonyl (C=O) groups excluding carboxylic acids is 1. The van der Waals surface area contributed by atoms with E-state index in [9.17, 15) is 4.79 Å². The molecule has 0 bridgehead atoms. The third-order valence-electron chi connectivity index (χ3n) is 1.90. The van der Waals surface area contributed by atoms with Crippen LogP contribution in [0.1, 0.15) is 10.4 Å². The minimum Gasteiger partial charge on any atom is -0.293 e. The zero-order valence-electron chi connectivity index (χ0n) is 8.39. The summed E-state index contributed by atoms with van der Waals surface area (Å²) in [7, 11) is 0. The second kappa shape index (κ2) is 5.82. The number of carbonyl (C=O) groups is 1. The van der Waals surface area contributed by atoms with Crippen LogP contribution in [0.25, 0.3) is 0 Å². The van der Waals surface area contributed by atoms with Crippen LogP contribution < -0.4 is 0 Å². The van der Waals surface area contributed by atoms with E-state index in [1.807, 2.05) is 0 Å². The van der Waals surface area contributed by atoms with Gasteiger partial charge in [0.15, 0.2) is 10.1 Å². The molecule has 0 saturated carbocycles. The van der Waals surface area contributed by atoms with Crippen LogP contribution in [-0.2, 0) is 0 Å². The molecule has 0 spiro atoms. The number of thioether (sulfide) groups is 1. The van der Waals surface area contributed by atoms with Crippen LogP contribution in [0.4, 0.5) is 0 Å². The quantitative estimate of drug-likeness (QED) is 0.636. The first kappa shape index (κ1) is 12.8. The first-order chi connectivity index (χ1) is 8.16. The lowest BCUT2D eigenvalue weighted by Crippen LogP contribution is -2.03. The number of hydrogen-bond donors (Lipinski definition) is 0. The number of Topliss-reactive ketones (excluding diaryl/α,β-unsaturated/α-hetero) is 1. The lowest BCUT2D eigenvalue weighted by atomic mass is 10.1. The van der Waals surface area contributed by atoms with E-state index in [2.05, 4.69) is 10.2 Å². The van der Waals surface area contributed by atoms with Crippen LogP contribution >= 0.6 is 46.3 Å². The van der Waals surface area contributed by atoms with Gasteiger partial charge in [0, 0.05) is 10.6 Å². The molecule has 2 aromatic rings. The minimum absolute atomic E-state index is 0.0492. The van der Waals surface area contributed by atoms with Crippen molar-refractivity contribution in [3.8, 4) is 0 Å². The van der Waals surface area contributed by atoms with Crippen LogP contribution in [0, 0.1) is 0 Å². The van der Waals surface area contributed by atoms with Crippen LogP contribution in [-0.4, -0.2) is 21.7 Å². The number of halogens is 2. The fourth-order valence-electron chi connectivity index (χ4n) is 1.15. The molecule has 17 heavy (non-hydrogen) atoms. The van der Waals surface area contributed by atoms with E-state index in [-0.39, 0.29) is 11.5 Å². The van der Waals surface area contributed by atoms with Gasteiger partial charge in [0.2, 0.25) is 0 Å². The average molecular weight is 305 g/mol. The molecule has 88 valence electrons. The maximum atomic E-state index is 11.9. The fourth-order valence-corrected chi connectivity index (χ4v) is 3.03. The first-order valence-corrected chi connectivity index (χ1v) is 7.16. The van der Waals surface area contributed by atoms with E-state index >= 15 is 0 Å². The maximum Gasteiger partial charge on any atom is 0.174 e. The molecule has 0 aliphatic carbocycles. The van der Waals surface area contributed by atoms with Gasteiger partial charge in [0.25, 0.3) is 0 Å². The van der Waals surface area contributed by atoms with E-state index in [1.54, 1.807) is 23.7 Å². The standard InChI is InChI=1S/C10H6Cl2N2OS2/c11-6-1-2-7(8(12)3-6)9(15)4-16-10-14-13-5-17-10/h1-3,5H,4H2. The summed E-state index contributed by atoms with van der Waals surface area (Å²) >= 11 is 14.5. The summed E-state index contributed by atoms with van der Waals surface area (Å²) in [5.41, 5.74) is 2.11. The van der Waals surface area contributed by atoms with E-state index in [0.29, 0.717) is 15.6 Å². The SMILES string of the molecule is O=C(CSc1nncs1)c1ccc(Cl)cc1Cl. The number of ketones is 1. The highest BCUT2D eigenvalue weighted by atomic mass is 35.5. The van der Waals surface area contributed by atoms with Crippen molar-refractivity contribution in [2.75, 3.05) is 5.75 Å². The average Bonchev–Trinajstić information content (AvgIpc) is 2.78. The van der Waals surface area contributed by atoms with Crippen molar-refractivity contribution in [2.45, 2.75) is 4.34 Å². The zero-order valence-corrected chi connectivity index (χ0v) is 11.5. The molecule has 0 fully saturated rings. The van der Waals surface area contributed by atoms with Crippen LogP contribution in [0.5, 0.6) is 0 Å². The van der Waals surface area contributed by atoms with Crippen molar-refractivity contribution in [3.63, 3.8) is 0 Å². The molecule has 1 heterocycles. The number of nitrogens with zero attached hydrogens (tertiary/aromatic N) is 2. The molecule has 3 nitrogen and oxygen atoms in total. The van der Waals surface area contributed by atoms with Gasteiger partial charge in [-0.15, -0.1) is 10.2 Å². The van der Waals surface area contributed by atoms with Crippen molar-refractivity contribution in [3.05, 3.63) is 39.3 Å². The normalized spacial score (nSPS) is 10.5. The van der Waals surface area contributed by atoms with Gasteiger partial charge in [-0.05, 0) is 18.2 Å². The van der Waals surface area contributed by atoms with Gasteiger partial charge in [0.1, 0.15) is 5.51 Å². The Labute approximate surface area is 116 Å². The molecule has 0 aliphatic rings. The van der Waals surface area contributed by atoms with Gasteiger partial charge in [-0.1, -0.05) is 46.3 Å². The Kier molecular flexibility index (Phi) is 4.39. The Balaban J connectivity index is 2.04. The van der Waals surface area contributed by atoms with Crippen LogP contribution in [0.3, 0.4) is 0 Å². The summed E-state index contributed by atoms with van der Waals surface area (Å²) in [6, 6.07) is 4.84. The molecular weight excluding hydrogens is 299 g/mol. The number of hydrogen-bond acceptors (Lipinski definition) is 5. The van der Waals surface area contributed by atoms with Crippen LogP contribution in [0.2, 0.25) is 10.0 Å². The summed E-state index contributed by atoms with van der Waals surface area (Å²) in [5.74, 6) is 0.239. The molecule has 1 aromatic heterocycles. The molecule has 1 aromatic carbocycles.